The number of rotatable bonds is 7. The van der Waals surface area contributed by atoms with Crippen molar-refractivity contribution >= 4 is 17.2 Å². The van der Waals surface area contributed by atoms with Gasteiger partial charge < -0.3 is 15.1 Å². The van der Waals surface area contributed by atoms with E-state index in [4.69, 9.17) is 4.98 Å². The molecule has 5 heteroatoms. The summed E-state index contributed by atoms with van der Waals surface area (Å²) in [5.74, 6) is 1.88. The second-order valence-electron chi connectivity index (χ2n) is 7.70. The van der Waals surface area contributed by atoms with Gasteiger partial charge in [-0.2, -0.15) is 0 Å². The van der Waals surface area contributed by atoms with Gasteiger partial charge in [0.15, 0.2) is 0 Å². The van der Waals surface area contributed by atoms with Crippen LogP contribution in [0.2, 0.25) is 0 Å². The summed E-state index contributed by atoms with van der Waals surface area (Å²) in [6.07, 6.45) is 4.31. The zero-order chi connectivity index (χ0) is 18.4. The fraction of sp³-hybridized carbons (Fsp3) is 0.571. The molecule has 0 bridgehead atoms. The Morgan fingerprint density at radius 3 is 2.77 bits per heavy atom. The van der Waals surface area contributed by atoms with E-state index in [0.717, 1.165) is 44.5 Å². The minimum atomic E-state index is 0.722. The number of nitrogens with one attached hydrogen (secondary N) is 1. The van der Waals surface area contributed by atoms with Crippen LogP contribution in [0.1, 0.15) is 35.6 Å². The summed E-state index contributed by atoms with van der Waals surface area (Å²) in [5.41, 5.74) is 1.30. The summed E-state index contributed by atoms with van der Waals surface area (Å²) in [6.45, 7) is 10.8. The van der Waals surface area contributed by atoms with Crippen molar-refractivity contribution in [3.63, 3.8) is 0 Å². The first kappa shape index (κ1) is 19.3. The molecule has 1 aliphatic rings. The number of nitrogens with zero attached hydrogens (tertiary/aromatic N) is 3. The van der Waals surface area contributed by atoms with Crippen LogP contribution >= 0.6 is 11.3 Å². The van der Waals surface area contributed by atoms with Crippen molar-refractivity contribution in [2.24, 2.45) is 5.92 Å². The minimum absolute atomic E-state index is 0.722. The van der Waals surface area contributed by atoms with Crippen LogP contribution in [0, 0.1) is 5.92 Å². The van der Waals surface area contributed by atoms with Crippen LogP contribution in [-0.4, -0.2) is 43.1 Å². The van der Waals surface area contributed by atoms with Crippen molar-refractivity contribution in [3.05, 3.63) is 45.8 Å². The molecule has 0 radical (unpaired) electrons. The zero-order valence-electron chi connectivity index (χ0n) is 16.4. The van der Waals surface area contributed by atoms with E-state index in [1.54, 1.807) is 0 Å². The highest BCUT2D eigenvalue weighted by molar-refractivity contribution is 7.11. The minimum Gasteiger partial charge on any atom is -0.355 e. The maximum absolute atomic E-state index is 4.70. The Balaban J connectivity index is 1.57. The van der Waals surface area contributed by atoms with E-state index < -0.39 is 0 Å². The third-order valence-electron chi connectivity index (χ3n) is 4.83. The Morgan fingerprint density at radius 2 is 1.92 bits per heavy atom. The molecule has 3 heterocycles. The smallest absolute Gasteiger partial charge is 0.133 e. The van der Waals surface area contributed by atoms with Crippen molar-refractivity contribution in [2.45, 2.75) is 39.8 Å². The van der Waals surface area contributed by atoms with Crippen molar-refractivity contribution in [1.29, 1.82) is 0 Å². The number of likely N-dealkylation sites (N-methyl/N-ethyl adjacent to an activating group) is 1. The number of thiophene rings is 1. The van der Waals surface area contributed by atoms with Gasteiger partial charge in [0.05, 0.1) is 0 Å². The van der Waals surface area contributed by atoms with Gasteiger partial charge in [-0.3, -0.25) is 0 Å². The Hall–Kier alpha value is -1.43. The van der Waals surface area contributed by atoms with Crippen molar-refractivity contribution < 1.29 is 0 Å². The summed E-state index contributed by atoms with van der Waals surface area (Å²) in [4.78, 5) is 12.5. The third kappa shape index (κ3) is 5.53. The largest absolute Gasteiger partial charge is 0.355 e. The van der Waals surface area contributed by atoms with Crippen LogP contribution in [0.4, 0.5) is 5.82 Å². The van der Waals surface area contributed by atoms with E-state index in [0.29, 0.717) is 0 Å². The highest BCUT2D eigenvalue weighted by Gasteiger charge is 2.16. The Labute approximate surface area is 162 Å². The van der Waals surface area contributed by atoms with Crippen LogP contribution in [0.3, 0.4) is 0 Å². The van der Waals surface area contributed by atoms with Crippen molar-refractivity contribution in [2.75, 3.05) is 38.1 Å². The Bertz CT molecular complexity index is 682. The summed E-state index contributed by atoms with van der Waals surface area (Å²) < 4.78 is 0. The molecule has 1 fully saturated rings. The fourth-order valence-corrected chi connectivity index (χ4v) is 4.66. The quantitative estimate of drug-likeness (QED) is 0.802. The van der Waals surface area contributed by atoms with Gasteiger partial charge in [-0.05, 0) is 50.6 Å². The molecule has 0 unspecified atom stereocenters. The second kappa shape index (κ2) is 9.49. The van der Waals surface area contributed by atoms with E-state index in [9.17, 15) is 0 Å². The number of hydrogen-bond acceptors (Lipinski definition) is 5. The summed E-state index contributed by atoms with van der Waals surface area (Å²) >= 11 is 1.94. The van der Waals surface area contributed by atoms with Crippen LogP contribution in [0.25, 0.3) is 0 Å². The lowest BCUT2D eigenvalue weighted by Crippen LogP contribution is -2.30. The van der Waals surface area contributed by atoms with Gasteiger partial charge in [0.1, 0.15) is 5.82 Å². The molecule has 3 rings (SSSR count). The monoisotopic (exact) mass is 372 g/mol. The molecule has 142 valence electrons. The third-order valence-corrected chi connectivity index (χ3v) is 5.94. The molecule has 2 aromatic rings. The van der Waals surface area contributed by atoms with Gasteiger partial charge in [0.25, 0.3) is 0 Å². The molecule has 0 atom stereocenters. The van der Waals surface area contributed by atoms with Gasteiger partial charge in [0.2, 0.25) is 0 Å². The fourth-order valence-electron chi connectivity index (χ4n) is 3.46. The van der Waals surface area contributed by atoms with Crippen LogP contribution < -0.4 is 10.2 Å². The maximum atomic E-state index is 4.70. The first-order valence-electron chi connectivity index (χ1n) is 9.77. The SMILES string of the molecule is CC(C)Cc1ccc(CNCc2cccnc2N2CCCN(C)CC2)s1. The number of aromatic nitrogens is 1. The van der Waals surface area contributed by atoms with Gasteiger partial charge >= 0.3 is 0 Å². The van der Waals surface area contributed by atoms with Gasteiger partial charge in [0, 0.05) is 54.2 Å². The second-order valence-corrected chi connectivity index (χ2v) is 8.95. The predicted octanol–water partition coefficient (Wildman–Crippen LogP) is 3.77. The highest BCUT2D eigenvalue weighted by Crippen LogP contribution is 2.21. The average molecular weight is 373 g/mol. The number of hydrogen-bond donors (Lipinski definition) is 1. The highest BCUT2D eigenvalue weighted by atomic mass is 32.1. The van der Waals surface area contributed by atoms with Gasteiger partial charge in [-0.25, -0.2) is 4.98 Å². The molecule has 2 aromatic heterocycles. The Kier molecular flexibility index (Phi) is 7.06. The topological polar surface area (TPSA) is 31.4 Å². The van der Waals surface area contributed by atoms with Crippen LogP contribution in [0.5, 0.6) is 0 Å². The number of pyridine rings is 1. The van der Waals surface area contributed by atoms with Crippen molar-refractivity contribution in [3.8, 4) is 0 Å². The average Bonchev–Trinajstić information content (AvgIpc) is 2.93. The first-order chi connectivity index (χ1) is 12.6. The van der Waals surface area contributed by atoms with E-state index in [2.05, 4.69) is 60.3 Å². The standard InChI is InChI=1S/C21H32N4S/c1-17(2)14-19-7-8-20(26-19)16-22-15-18-6-4-9-23-21(18)25-11-5-10-24(3)12-13-25/h4,6-9,17,22H,5,10-16H2,1-3H3. The van der Waals surface area contributed by atoms with E-state index in [1.807, 2.05) is 17.5 Å². The lowest BCUT2D eigenvalue weighted by molar-refractivity contribution is 0.360. The molecule has 0 aromatic carbocycles. The normalized spacial score (nSPS) is 16.2. The van der Waals surface area contributed by atoms with Crippen LogP contribution in [0.15, 0.2) is 30.5 Å². The molecule has 0 spiro atoms. The summed E-state index contributed by atoms with van der Waals surface area (Å²) in [6, 6.07) is 8.81. The number of anilines is 1. The maximum Gasteiger partial charge on any atom is 0.133 e. The van der Waals surface area contributed by atoms with E-state index in [-0.39, 0.29) is 0 Å². The molecular formula is C21H32N4S. The molecule has 26 heavy (non-hydrogen) atoms. The molecular weight excluding hydrogens is 340 g/mol. The Morgan fingerprint density at radius 1 is 1.08 bits per heavy atom. The van der Waals surface area contributed by atoms with Crippen molar-refractivity contribution in [1.82, 2.24) is 15.2 Å². The molecule has 0 aliphatic carbocycles. The molecule has 1 saturated heterocycles. The summed E-state index contributed by atoms with van der Waals surface area (Å²) in [5, 5.41) is 3.62. The van der Waals surface area contributed by atoms with Gasteiger partial charge in [-0.15, -0.1) is 11.3 Å². The molecule has 0 amide bonds. The molecule has 1 N–H and O–H groups in total. The van der Waals surface area contributed by atoms with Crippen LogP contribution in [-0.2, 0) is 19.5 Å². The lowest BCUT2D eigenvalue weighted by atomic mass is 10.1. The van der Waals surface area contributed by atoms with E-state index in [1.165, 1.54) is 34.7 Å². The zero-order valence-corrected chi connectivity index (χ0v) is 17.2. The molecule has 1 aliphatic heterocycles. The molecule has 0 saturated carbocycles. The van der Waals surface area contributed by atoms with E-state index >= 15 is 0 Å². The molecule has 4 nitrogen and oxygen atoms in total. The predicted molar refractivity (Wildman–Crippen MR) is 112 cm³/mol. The summed E-state index contributed by atoms with van der Waals surface area (Å²) in [7, 11) is 2.21. The van der Waals surface area contributed by atoms with Gasteiger partial charge in [-0.1, -0.05) is 19.9 Å². The first-order valence-corrected chi connectivity index (χ1v) is 10.6. The lowest BCUT2D eigenvalue weighted by Gasteiger charge is -2.24.